The Kier molecular flexibility index (Phi) is 4.01. The lowest BCUT2D eigenvalue weighted by atomic mass is 10.0. The maximum atomic E-state index is 10.8. The standard InChI is InChI=1S/C12H9NO4/c1-17-12-8(6-13)2-3-9(7-14)10(12)4-5-11(15)16/h2-5,7H,1H3,(H,15,16)/b5-4+. The lowest BCUT2D eigenvalue weighted by Crippen LogP contribution is -1.97. The van der Waals surface area contributed by atoms with Crippen LogP contribution in [0.2, 0.25) is 0 Å². The smallest absolute Gasteiger partial charge is 0.328 e. The number of carbonyl (C=O) groups is 2. The predicted molar refractivity (Wildman–Crippen MR) is 59.8 cm³/mol. The first kappa shape index (κ1) is 12.5. The Balaban J connectivity index is 3.46. The minimum Gasteiger partial charge on any atom is -0.495 e. The SMILES string of the molecule is COc1c(C#N)ccc(C=O)c1/C=C/C(=O)O. The summed E-state index contributed by atoms with van der Waals surface area (Å²) in [4.78, 5) is 21.3. The van der Waals surface area contributed by atoms with Gasteiger partial charge in [-0.1, -0.05) is 0 Å². The van der Waals surface area contributed by atoms with Crippen molar-refractivity contribution >= 4 is 18.3 Å². The molecule has 86 valence electrons. The molecular weight excluding hydrogens is 222 g/mol. The molecule has 0 aliphatic carbocycles. The Morgan fingerprint density at radius 2 is 2.24 bits per heavy atom. The molecule has 5 nitrogen and oxygen atoms in total. The van der Waals surface area contributed by atoms with E-state index in [0.717, 1.165) is 6.08 Å². The molecule has 1 N–H and O–H groups in total. The molecule has 0 bridgehead atoms. The van der Waals surface area contributed by atoms with Gasteiger partial charge in [-0.15, -0.1) is 0 Å². The van der Waals surface area contributed by atoms with Crippen molar-refractivity contribution in [2.75, 3.05) is 7.11 Å². The highest BCUT2D eigenvalue weighted by Crippen LogP contribution is 2.27. The third-order valence-corrected chi connectivity index (χ3v) is 2.07. The van der Waals surface area contributed by atoms with Crippen molar-refractivity contribution in [3.05, 3.63) is 34.9 Å². The van der Waals surface area contributed by atoms with Crippen LogP contribution in [0.4, 0.5) is 0 Å². The molecule has 0 unspecified atom stereocenters. The van der Waals surface area contributed by atoms with E-state index >= 15 is 0 Å². The van der Waals surface area contributed by atoms with Gasteiger partial charge in [-0.2, -0.15) is 5.26 Å². The third-order valence-electron chi connectivity index (χ3n) is 2.07. The fourth-order valence-electron chi connectivity index (χ4n) is 1.35. The Labute approximate surface area is 97.6 Å². The molecule has 0 aromatic heterocycles. The number of rotatable bonds is 4. The van der Waals surface area contributed by atoms with Gasteiger partial charge in [0.15, 0.2) is 6.29 Å². The minimum absolute atomic E-state index is 0.189. The van der Waals surface area contributed by atoms with Crippen molar-refractivity contribution in [2.45, 2.75) is 0 Å². The lowest BCUT2D eigenvalue weighted by molar-refractivity contribution is -0.131. The Morgan fingerprint density at radius 1 is 1.53 bits per heavy atom. The lowest BCUT2D eigenvalue weighted by Gasteiger charge is -2.08. The van der Waals surface area contributed by atoms with Gasteiger partial charge in [-0.3, -0.25) is 4.79 Å². The molecule has 5 heteroatoms. The molecule has 0 aliphatic rings. The van der Waals surface area contributed by atoms with Gasteiger partial charge in [0.2, 0.25) is 0 Å². The summed E-state index contributed by atoms with van der Waals surface area (Å²) in [5, 5.41) is 17.4. The maximum Gasteiger partial charge on any atom is 0.328 e. The third kappa shape index (κ3) is 2.69. The van der Waals surface area contributed by atoms with Crippen LogP contribution < -0.4 is 4.74 Å². The van der Waals surface area contributed by atoms with Crippen molar-refractivity contribution in [1.29, 1.82) is 5.26 Å². The van der Waals surface area contributed by atoms with E-state index in [0.29, 0.717) is 6.29 Å². The van der Waals surface area contributed by atoms with Crippen LogP contribution in [0.1, 0.15) is 21.5 Å². The molecule has 1 rings (SSSR count). The average molecular weight is 231 g/mol. The molecule has 0 fully saturated rings. The number of benzene rings is 1. The van der Waals surface area contributed by atoms with Gasteiger partial charge in [-0.25, -0.2) is 4.79 Å². The van der Waals surface area contributed by atoms with Crippen LogP contribution in [0.5, 0.6) is 5.75 Å². The molecule has 17 heavy (non-hydrogen) atoms. The summed E-state index contributed by atoms with van der Waals surface area (Å²) in [6.45, 7) is 0. The molecule has 0 spiro atoms. The van der Waals surface area contributed by atoms with Crippen LogP contribution in [0.25, 0.3) is 6.08 Å². The summed E-state index contributed by atoms with van der Waals surface area (Å²) in [5.41, 5.74) is 0.783. The zero-order valence-corrected chi connectivity index (χ0v) is 9.01. The van der Waals surface area contributed by atoms with Crippen molar-refractivity contribution in [1.82, 2.24) is 0 Å². The minimum atomic E-state index is -1.15. The highest BCUT2D eigenvalue weighted by atomic mass is 16.5. The van der Waals surface area contributed by atoms with Gasteiger partial charge < -0.3 is 9.84 Å². The quantitative estimate of drug-likeness (QED) is 0.626. The van der Waals surface area contributed by atoms with E-state index in [1.807, 2.05) is 6.07 Å². The van der Waals surface area contributed by atoms with Gasteiger partial charge in [0.05, 0.1) is 12.7 Å². The number of aldehydes is 1. The zero-order chi connectivity index (χ0) is 12.8. The molecule has 0 atom stereocenters. The Morgan fingerprint density at radius 3 is 2.71 bits per heavy atom. The van der Waals surface area contributed by atoms with E-state index in [2.05, 4.69) is 0 Å². The van der Waals surface area contributed by atoms with Crippen LogP contribution in [-0.2, 0) is 4.79 Å². The molecular formula is C12H9NO4. The molecule has 0 heterocycles. The molecule has 0 radical (unpaired) electrons. The molecule has 0 saturated carbocycles. The van der Waals surface area contributed by atoms with E-state index in [-0.39, 0.29) is 22.4 Å². The Hall–Kier alpha value is -2.61. The van der Waals surface area contributed by atoms with Crippen LogP contribution >= 0.6 is 0 Å². The first-order chi connectivity index (χ1) is 8.13. The number of hydrogen-bond acceptors (Lipinski definition) is 4. The normalized spacial score (nSPS) is 9.88. The van der Waals surface area contributed by atoms with E-state index < -0.39 is 5.97 Å². The van der Waals surface area contributed by atoms with Gasteiger partial charge in [-0.05, 0) is 18.2 Å². The predicted octanol–water partition coefficient (Wildman–Crippen LogP) is 1.48. The van der Waals surface area contributed by atoms with Gasteiger partial charge in [0.1, 0.15) is 11.8 Å². The molecule has 0 saturated heterocycles. The first-order valence-corrected chi connectivity index (χ1v) is 4.61. The second-order valence-electron chi connectivity index (χ2n) is 3.05. The average Bonchev–Trinajstić information content (AvgIpc) is 2.34. The van der Waals surface area contributed by atoms with E-state index in [1.165, 1.54) is 25.3 Å². The molecule has 1 aromatic rings. The number of carbonyl (C=O) groups excluding carboxylic acids is 1. The summed E-state index contributed by atoms with van der Waals surface area (Å²) < 4.78 is 5.02. The summed E-state index contributed by atoms with van der Waals surface area (Å²) in [5.74, 6) is -0.958. The number of methoxy groups -OCH3 is 1. The summed E-state index contributed by atoms with van der Waals surface area (Å²) in [6, 6.07) is 4.79. The number of carboxylic acids is 1. The number of ether oxygens (including phenoxy) is 1. The Bertz CT molecular complexity index is 526. The zero-order valence-electron chi connectivity index (χ0n) is 9.01. The summed E-state index contributed by atoms with van der Waals surface area (Å²) in [6.07, 6.45) is 2.68. The highest BCUT2D eigenvalue weighted by Gasteiger charge is 2.11. The van der Waals surface area contributed by atoms with Crippen LogP contribution in [-0.4, -0.2) is 24.5 Å². The van der Waals surface area contributed by atoms with E-state index in [9.17, 15) is 9.59 Å². The number of nitriles is 1. The topological polar surface area (TPSA) is 87.4 Å². The monoisotopic (exact) mass is 231 g/mol. The van der Waals surface area contributed by atoms with Crippen LogP contribution in [0, 0.1) is 11.3 Å². The molecule has 1 aromatic carbocycles. The summed E-state index contributed by atoms with van der Waals surface area (Å²) in [7, 11) is 1.35. The highest BCUT2D eigenvalue weighted by molar-refractivity contribution is 5.91. The largest absolute Gasteiger partial charge is 0.495 e. The molecule has 0 aliphatic heterocycles. The number of carboxylic acid groups (broad SMARTS) is 1. The van der Waals surface area contributed by atoms with Gasteiger partial charge in [0.25, 0.3) is 0 Å². The van der Waals surface area contributed by atoms with Crippen molar-refractivity contribution < 1.29 is 19.4 Å². The van der Waals surface area contributed by atoms with E-state index in [4.69, 9.17) is 15.1 Å². The second-order valence-corrected chi connectivity index (χ2v) is 3.05. The fraction of sp³-hybridized carbons (Fsp3) is 0.0833. The van der Waals surface area contributed by atoms with Crippen molar-refractivity contribution in [3.63, 3.8) is 0 Å². The van der Waals surface area contributed by atoms with Crippen LogP contribution in [0.3, 0.4) is 0 Å². The second kappa shape index (κ2) is 5.47. The van der Waals surface area contributed by atoms with E-state index in [1.54, 1.807) is 0 Å². The van der Waals surface area contributed by atoms with Crippen LogP contribution in [0.15, 0.2) is 18.2 Å². The van der Waals surface area contributed by atoms with Gasteiger partial charge in [0, 0.05) is 17.2 Å². The number of aliphatic carboxylic acids is 1. The number of nitrogens with zero attached hydrogens (tertiary/aromatic N) is 1. The summed E-state index contributed by atoms with van der Waals surface area (Å²) >= 11 is 0. The number of hydrogen-bond donors (Lipinski definition) is 1. The fourth-order valence-corrected chi connectivity index (χ4v) is 1.35. The maximum absolute atomic E-state index is 10.8. The first-order valence-electron chi connectivity index (χ1n) is 4.61. The van der Waals surface area contributed by atoms with Crippen molar-refractivity contribution in [2.24, 2.45) is 0 Å². The molecule has 0 amide bonds. The van der Waals surface area contributed by atoms with Crippen molar-refractivity contribution in [3.8, 4) is 11.8 Å². The van der Waals surface area contributed by atoms with Gasteiger partial charge >= 0.3 is 5.97 Å².